The van der Waals surface area contributed by atoms with Crippen molar-refractivity contribution < 1.29 is 13.5 Å². The van der Waals surface area contributed by atoms with E-state index in [1.165, 1.54) is 18.2 Å². The molecule has 2 aromatic carbocycles. The maximum absolute atomic E-state index is 13.5. The molecule has 5 heteroatoms. The third kappa shape index (κ3) is 4.19. The summed E-state index contributed by atoms with van der Waals surface area (Å²) in [6.07, 6.45) is 0. The van der Waals surface area contributed by atoms with Gasteiger partial charge in [0.15, 0.2) is 0 Å². The molecular formula is C16H12ClF2NO. The van der Waals surface area contributed by atoms with E-state index in [1.807, 2.05) is 0 Å². The van der Waals surface area contributed by atoms with Crippen molar-refractivity contribution in [3.8, 4) is 17.6 Å². The fourth-order valence-electron chi connectivity index (χ4n) is 1.64. The average molecular weight is 308 g/mol. The molecule has 0 bridgehead atoms. The molecular weight excluding hydrogens is 296 g/mol. The first-order valence-electron chi connectivity index (χ1n) is 6.15. The van der Waals surface area contributed by atoms with Crippen molar-refractivity contribution in [1.29, 1.82) is 0 Å². The van der Waals surface area contributed by atoms with Gasteiger partial charge in [0.05, 0.1) is 17.1 Å². The molecule has 0 saturated heterocycles. The first kappa shape index (κ1) is 15.3. The van der Waals surface area contributed by atoms with Crippen molar-refractivity contribution >= 4 is 11.6 Å². The zero-order valence-electron chi connectivity index (χ0n) is 11.0. The monoisotopic (exact) mass is 307 g/mol. The number of nitrogens with two attached hydrogens (primary N) is 1. The Balaban J connectivity index is 2.11. The molecule has 21 heavy (non-hydrogen) atoms. The number of ether oxygens (including phenoxy) is 1. The number of rotatable bonds is 3. The Morgan fingerprint density at radius 2 is 1.90 bits per heavy atom. The summed E-state index contributed by atoms with van der Waals surface area (Å²) in [7, 11) is 0. The van der Waals surface area contributed by atoms with Crippen molar-refractivity contribution in [3.63, 3.8) is 0 Å². The Morgan fingerprint density at radius 3 is 2.62 bits per heavy atom. The second kappa shape index (κ2) is 7.07. The Bertz CT molecular complexity index is 707. The summed E-state index contributed by atoms with van der Waals surface area (Å²) in [5, 5.41) is 0.0310. The molecule has 2 rings (SSSR count). The molecule has 0 atom stereocenters. The molecule has 0 fully saturated rings. The zero-order valence-corrected chi connectivity index (χ0v) is 11.8. The van der Waals surface area contributed by atoms with Crippen LogP contribution in [0.5, 0.6) is 5.75 Å². The van der Waals surface area contributed by atoms with Crippen LogP contribution in [0, 0.1) is 23.5 Å². The van der Waals surface area contributed by atoms with Crippen LogP contribution in [-0.4, -0.2) is 6.54 Å². The van der Waals surface area contributed by atoms with Crippen LogP contribution in [0.15, 0.2) is 36.4 Å². The largest absolute Gasteiger partial charge is 0.489 e. The van der Waals surface area contributed by atoms with Crippen LogP contribution in [0.1, 0.15) is 11.1 Å². The van der Waals surface area contributed by atoms with E-state index < -0.39 is 11.6 Å². The highest BCUT2D eigenvalue weighted by Crippen LogP contribution is 2.21. The molecule has 0 aromatic heterocycles. The highest BCUT2D eigenvalue weighted by Gasteiger charge is 2.04. The van der Waals surface area contributed by atoms with E-state index in [-0.39, 0.29) is 23.7 Å². The van der Waals surface area contributed by atoms with Gasteiger partial charge < -0.3 is 10.5 Å². The van der Waals surface area contributed by atoms with Gasteiger partial charge in [-0.3, -0.25) is 0 Å². The Morgan fingerprint density at radius 1 is 1.10 bits per heavy atom. The Kier molecular flexibility index (Phi) is 5.15. The summed E-state index contributed by atoms with van der Waals surface area (Å²) in [4.78, 5) is 0. The molecule has 0 aliphatic carbocycles. The van der Waals surface area contributed by atoms with E-state index in [9.17, 15) is 8.78 Å². The molecule has 0 radical (unpaired) electrons. The van der Waals surface area contributed by atoms with Crippen LogP contribution in [0.2, 0.25) is 5.02 Å². The van der Waals surface area contributed by atoms with Gasteiger partial charge in [-0.15, -0.1) is 0 Å². The van der Waals surface area contributed by atoms with Gasteiger partial charge in [-0.05, 0) is 29.8 Å². The van der Waals surface area contributed by atoms with Crippen LogP contribution in [0.3, 0.4) is 0 Å². The van der Waals surface area contributed by atoms with E-state index in [0.29, 0.717) is 11.3 Å². The summed E-state index contributed by atoms with van der Waals surface area (Å²) in [6.45, 7) is 0.322. The fraction of sp³-hybridized carbons (Fsp3) is 0.125. The summed E-state index contributed by atoms with van der Waals surface area (Å²) >= 11 is 5.59. The minimum Gasteiger partial charge on any atom is -0.489 e. The normalized spacial score (nSPS) is 9.90. The molecule has 0 aliphatic heterocycles. The smallest absolute Gasteiger partial charge is 0.145 e. The Labute approximate surface area is 126 Å². The van der Waals surface area contributed by atoms with Crippen molar-refractivity contribution in [2.75, 3.05) is 6.54 Å². The standard InChI is InChI=1S/C16H12ClF2NO/c17-14-5-4-13(9-16(14)19)21-10-11-3-6-15(18)12(8-11)2-1-7-20/h3-6,8-9H,7,10,20H2. The van der Waals surface area contributed by atoms with E-state index in [0.717, 1.165) is 0 Å². The summed E-state index contributed by atoms with van der Waals surface area (Å²) in [5.41, 5.74) is 6.23. The molecule has 0 unspecified atom stereocenters. The zero-order chi connectivity index (χ0) is 15.2. The average Bonchev–Trinajstić information content (AvgIpc) is 2.48. The lowest BCUT2D eigenvalue weighted by atomic mass is 10.1. The van der Waals surface area contributed by atoms with Crippen LogP contribution in [-0.2, 0) is 6.61 Å². The van der Waals surface area contributed by atoms with Crippen LogP contribution in [0.4, 0.5) is 8.78 Å². The molecule has 0 amide bonds. The van der Waals surface area contributed by atoms with Gasteiger partial charge in [0.2, 0.25) is 0 Å². The van der Waals surface area contributed by atoms with Gasteiger partial charge in [0.25, 0.3) is 0 Å². The van der Waals surface area contributed by atoms with Crippen LogP contribution in [0.25, 0.3) is 0 Å². The summed E-state index contributed by atoms with van der Waals surface area (Å²) in [6, 6.07) is 8.63. The van der Waals surface area contributed by atoms with E-state index in [1.54, 1.807) is 18.2 Å². The van der Waals surface area contributed by atoms with Gasteiger partial charge in [-0.1, -0.05) is 29.5 Å². The second-order valence-corrected chi connectivity index (χ2v) is 4.59. The van der Waals surface area contributed by atoms with Gasteiger partial charge >= 0.3 is 0 Å². The SMILES string of the molecule is NCC#Cc1cc(COc2ccc(Cl)c(F)c2)ccc1F. The predicted molar refractivity (Wildman–Crippen MR) is 78.1 cm³/mol. The molecule has 108 valence electrons. The van der Waals surface area contributed by atoms with Crippen molar-refractivity contribution in [1.82, 2.24) is 0 Å². The van der Waals surface area contributed by atoms with Crippen molar-refractivity contribution in [2.24, 2.45) is 5.73 Å². The minimum absolute atomic E-state index is 0.0310. The number of halogens is 3. The van der Waals surface area contributed by atoms with Crippen LogP contribution >= 0.6 is 11.6 Å². The lowest BCUT2D eigenvalue weighted by Crippen LogP contribution is -1.98. The topological polar surface area (TPSA) is 35.2 Å². The minimum atomic E-state index is -0.553. The first-order valence-corrected chi connectivity index (χ1v) is 6.53. The van der Waals surface area contributed by atoms with Gasteiger partial charge in [0.1, 0.15) is 24.0 Å². The maximum atomic E-state index is 13.5. The molecule has 0 heterocycles. The van der Waals surface area contributed by atoms with Crippen LogP contribution < -0.4 is 10.5 Å². The number of benzene rings is 2. The molecule has 2 nitrogen and oxygen atoms in total. The summed E-state index contributed by atoms with van der Waals surface area (Å²) < 4.78 is 32.2. The summed E-state index contributed by atoms with van der Waals surface area (Å²) in [5.74, 6) is 4.61. The van der Waals surface area contributed by atoms with E-state index in [2.05, 4.69) is 11.8 Å². The predicted octanol–water partition coefficient (Wildman–Crippen LogP) is 3.51. The third-order valence-electron chi connectivity index (χ3n) is 2.65. The van der Waals surface area contributed by atoms with Crippen molar-refractivity contribution in [3.05, 3.63) is 64.2 Å². The van der Waals surface area contributed by atoms with Gasteiger partial charge in [0, 0.05) is 6.07 Å². The van der Waals surface area contributed by atoms with Gasteiger partial charge in [-0.25, -0.2) is 8.78 Å². The lowest BCUT2D eigenvalue weighted by Gasteiger charge is -2.07. The lowest BCUT2D eigenvalue weighted by molar-refractivity contribution is 0.304. The molecule has 2 aromatic rings. The highest BCUT2D eigenvalue weighted by molar-refractivity contribution is 6.30. The van der Waals surface area contributed by atoms with Gasteiger partial charge in [-0.2, -0.15) is 0 Å². The fourth-order valence-corrected chi connectivity index (χ4v) is 1.76. The molecule has 0 spiro atoms. The van der Waals surface area contributed by atoms with E-state index >= 15 is 0 Å². The highest BCUT2D eigenvalue weighted by atomic mass is 35.5. The van der Waals surface area contributed by atoms with Crippen molar-refractivity contribution in [2.45, 2.75) is 6.61 Å². The Hall–Kier alpha value is -2.09. The first-order chi connectivity index (χ1) is 10.1. The van der Waals surface area contributed by atoms with E-state index in [4.69, 9.17) is 22.1 Å². The quantitative estimate of drug-likeness (QED) is 0.881. The number of hydrogen-bond donors (Lipinski definition) is 1. The third-order valence-corrected chi connectivity index (χ3v) is 2.96. The molecule has 2 N–H and O–H groups in total. The number of hydrogen-bond acceptors (Lipinski definition) is 2. The molecule has 0 aliphatic rings. The maximum Gasteiger partial charge on any atom is 0.145 e. The molecule has 0 saturated carbocycles. The second-order valence-electron chi connectivity index (χ2n) is 4.18.